The molecule has 2 aromatic rings. The summed E-state index contributed by atoms with van der Waals surface area (Å²) in [6, 6.07) is 12.4. The van der Waals surface area contributed by atoms with E-state index in [1.165, 1.54) is 22.6 Å². The lowest BCUT2D eigenvalue weighted by Gasteiger charge is -2.19. The standard InChI is InChI=1S/C15H13ClFNS/c16-12-6-5-10(17)8-11(12)15(18)14-7-9-3-1-2-4-13(9)19-14/h1-6,8,14-15H,7,18H2. The molecule has 0 saturated heterocycles. The molecule has 2 atom stereocenters. The second-order valence-corrected chi connectivity index (χ2v) is 6.35. The molecule has 0 aromatic heterocycles. The molecule has 1 aliphatic heterocycles. The Morgan fingerprint density at radius 3 is 2.84 bits per heavy atom. The van der Waals surface area contributed by atoms with Crippen molar-refractivity contribution in [3.63, 3.8) is 0 Å². The van der Waals surface area contributed by atoms with Gasteiger partial charge in [0, 0.05) is 21.2 Å². The van der Waals surface area contributed by atoms with Crippen LogP contribution in [0.3, 0.4) is 0 Å². The van der Waals surface area contributed by atoms with Crippen molar-refractivity contribution in [2.45, 2.75) is 22.6 Å². The molecule has 0 saturated carbocycles. The molecule has 4 heteroatoms. The SMILES string of the molecule is NC(c1cc(F)ccc1Cl)C1Cc2ccccc2S1. The summed E-state index contributed by atoms with van der Waals surface area (Å²) in [4.78, 5) is 1.26. The number of hydrogen-bond acceptors (Lipinski definition) is 2. The molecular weight excluding hydrogens is 281 g/mol. The molecular formula is C15H13ClFNS. The highest BCUT2D eigenvalue weighted by Crippen LogP contribution is 2.42. The van der Waals surface area contributed by atoms with Crippen molar-refractivity contribution in [3.8, 4) is 0 Å². The van der Waals surface area contributed by atoms with Crippen LogP contribution in [0.1, 0.15) is 17.2 Å². The van der Waals surface area contributed by atoms with Crippen LogP contribution in [0, 0.1) is 5.82 Å². The van der Waals surface area contributed by atoms with Crippen LogP contribution in [0.25, 0.3) is 0 Å². The normalized spacial score (nSPS) is 19.2. The fourth-order valence-electron chi connectivity index (χ4n) is 2.38. The Hall–Kier alpha value is -1.03. The highest BCUT2D eigenvalue weighted by Gasteiger charge is 2.29. The van der Waals surface area contributed by atoms with Crippen molar-refractivity contribution in [1.82, 2.24) is 0 Å². The summed E-state index contributed by atoms with van der Waals surface area (Å²) in [5.41, 5.74) is 8.27. The molecule has 1 nitrogen and oxygen atoms in total. The van der Waals surface area contributed by atoms with Crippen LogP contribution < -0.4 is 5.73 Å². The smallest absolute Gasteiger partial charge is 0.123 e. The van der Waals surface area contributed by atoms with E-state index in [0.29, 0.717) is 10.6 Å². The van der Waals surface area contributed by atoms with Gasteiger partial charge in [-0.1, -0.05) is 29.8 Å². The minimum atomic E-state index is -0.296. The van der Waals surface area contributed by atoms with E-state index in [9.17, 15) is 4.39 Å². The van der Waals surface area contributed by atoms with E-state index in [0.717, 1.165) is 6.42 Å². The van der Waals surface area contributed by atoms with Crippen molar-refractivity contribution in [2.24, 2.45) is 5.73 Å². The first-order valence-corrected chi connectivity index (χ1v) is 7.36. The average Bonchev–Trinajstić information content (AvgIpc) is 2.84. The minimum absolute atomic E-state index is 0.205. The van der Waals surface area contributed by atoms with Gasteiger partial charge in [0.1, 0.15) is 5.82 Å². The summed E-state index contributed by atoms with van der Waals surface area (Å²) in [6.07, 6.45) is 0.898. The highest BCUT2D eigenvalue weighted by atomic mass is 35.5. The fraction of sp³-hybridized carbons (Fsp3) is 0.200. The van der Waals surface area contributed by atoms with Crippen LogP contribution >= 0.6 is 23.4 Å². The van der Waals surface area contributed by atoms with E-state index >= 15 is 0 Å². The summed E-state index contributed by atoms with van der Waals surface area (Å²) in [6.45, 7) is 0. The van der Waals surface area contributed by atoms with Crippen LogP contribution in [0.4, 0.5) is 4.39 Å². The van der Waals surface area contributed by atoms with Gasteiger partial charge < -0.3 is 5.73 Å². The van der Waals surface area contributed by atoms with E-state index in [1.54, 1.807) is 17.8 Å². The van der Waals surface area contributed by atoms with Crippen LogP contribution in [-0.2, 0) is 6.42 Å². The maximum atomic E-state index is 13.3. The van der Waals surface area contributed by atoms with Gasteiger partial charge in [-0.05, 0) is 41.8 Å². The van der Waals surface area contributed by atoms with E-state index < -0.39 is 0 Å². The molecule has 2 unspecified atom stereocenters. The van der Waals surface area contributed by atoms with Gasteiger partial charge in [-0.2, -0.15) is 0 Å². The Morgan fingerprint density at radius 1 is 1.26 bits per heavy atom. The number of benzene rings is 2. The lowest BCUT2D eigenvalue weighted by atomic mass is 9.99. The molecule has 0 amide bonds. The van der Waals surface area contributed by atoms with Gasteiger partial charge >= 0.3 is 0 Å². The second kappa shape index (κ2) is 5.16. The molecule has 2 N–H and O–H groups in total. The lowest BCUT2D eigenvalue weighted by molar-refractivity contribution is 0.615. The van der Waals surface area contributed by atoms with E-state index in [1.807, 2.05) is 12.1 Å². The summed E-state index contributed by atoms with van der Waals surface area (Å²) in [5.74, 6) is -0.296. The van der Waals surface area contributed by atoms with Gasteiger partial charge in [0.2, 0.25) is 0 Å². The van der Waals surface area contributed by atoms with E-state index in [-0.39, 0.29) is 17.1 Å². The molecule has 0 radical (unpaired) electrons. The Kier molecular flexibility index (Phi) is 3.52. The number of hydrogen-bond donors (Lipinski definition) is 1. The molecule has 1 heterocycles. The molecule has 3 rings (SSSR count). The second-order valence-electron chi connectivity index (χ2n) is 4.66. The molecule has 0 fully saturated rings. The van der Waals surface area contributed by atoms with Crippen molar-refractivity contribution in [2.75, 3.05) is 0 Å². The molecule has 0 aliphatic carbocycles. The zero-order chi connectivity index (χ0) is 13.4. The summed E-state index contributed by atoms with van der Waals surface area (Å²) >= 11 is 7.87. The summed E-state index contributed by atoms with van der Waals surface area (Å²) in [7, 11) is 0. The molecule has 1 aliphatic rings. The van der Waals surface area contributed by atoms with Crippen molar-refractivity contribution < 1.29 is 4.39 Å². The first-order valence-electron chi connectivity index (χ1n) is 6.10. The van der Waals surface area contributed by atoms with Crippen LogP contribution in [-0.4, -0.2) is 5.25 Å². The first-order chi connectivity index (χ1) is 9.15. The average molecular weight is 294 g/mol. The number of thioether (sulfide) groups is 1. The molecule has 2 aromatic carbocycles. The third kappa shape index (κ3) is 2.50. The van der Waals surface area contributed by atoms with Crippen molar-refractivity contribution >= 4 is 23.4 Å². The Morgan fingerprint density at radius 2 is 2.05 bits per heavy atom. The quantitative estimate of drug-likeness (QED) is 0.898. The summed E-state index contributed by atoms with van der Waals surface area (Å²) < 4.78 is 13.3. The predicted molar refractivity (Wildman–Crippen MR) is 78.1 cm³/mol. The largest absolute Gasteiger partial charge is 0.323 e. The van der Waals surface area contributed by atoms with Gasteiger partial charge in [-0.15, -0.1) is 11.8 Å². The monoisotopic (exact) mass is 293 g/mol. The van der Waals surface area contributed by atoms with Gasteiger partial charge in [0.25, 0.3) is 0 Å². The predicted octanol–water partition coefficient (Wildman–Crippen LogP) is 4.20. The molecule has 0 bridgehead atoms. The van der Waals surface area contributed by atoms with Crippen LogP contribution in [0.15, 0.2) is 47.4 Å². The summed E-state index contributed by atoms with van der Waals surface area (Å²) in [5, 5.41) is 0.738. The zero-order valence-electron chi connectivity index (χ0n) is 10.1. The highest BCUT2D eigenvalue weighted by molar-refractivity contribution is 8.00. The lowest BCUT2D eigenvalue weighted by Crippen LogP contribution is -2.23. The number of halogens is 2. The first kappa shape index (κ1) is 13.0. The van der Waals surface area contributed by atoms with Crippen molar-refractivity contribution in [3.05, 3.63) is 64.4 Å². The maximum Gasteiger partial charge on any atom is 0.123 e. The van der Waals surface area contributed by atoms with Gasteiger partial charge in [-0.3, -0.25) is 0 Å². The zero-order valence-corrected chi connectivity index (χ0v) is 11.7. The number of rotatable bonds is 2. The Balaban J connectivity index is 1.87. The van der Waals surface area contributed by atoms with Gasteiger partial charge in [-0.25, -0.2) is 4.39 Å². The van der Waals surface area contributed by atoms with E-state index in [4.69, 9.17) is 17.3 Å². The third-order valence-electron chi connectivity index (χ3n) is 3.39. The molecule has 19 heavy (non-hydrogen) atoms. The topological polar surface area (TPSA) is 26.0 Å². The van der Waals surface area contributed by atoms with Gasteiger partial charge in [0.05, 0.1) is 0 Å². The van der Waals surface area contributed by atoms with Crippen LogP contribution in [0.2, 0.25) is 5.02 Å². The van der Waals surface area contributed by atoms with Crippen LogP contribution in [0.5, 0.6) is 0 Å². The van der Waals surface area contributed by atoms with Crippen molar-refractivity contribution in [1.29, 1.82) is 0 Å². The van der Waals surface area contributed by atoms with Gasteiger partial charge in [0.15, 0.2) is 0 Å². The third-order valence-corrected chi connectivity index (χ3v) is 5.15. The molecule has 98 valence electrons. The number of nitrogens with two attached hydrogens (primary N) is 1. The fourth-order valence-corrected chi connectivity index (χ4v) is 3.97. The Labute approximate surface area is 121 Å². The minimum Gasteiger partial charge on any atom is -0.323 e. The Bertz CT molecular complexity index is 592. The van der Waals surface area contributed by atoms with E-state index in [2.05, 4.69) is 12.1 Å². The maximum absolute atomic E-state index is 13.3. The molecule has 0 spiro atoms. The number of fused-ring (bicyclic) bond motifs is 1.